The van der Waals surface area contributed by atoms with Crippen LogP contribution in [-0.2, 0) is 10.3 Å². The van der Waals surface area contributed by atoms with Gasteiger partial charge >= 0.3 is 5.97 Å². The molecule has 0 unspecified atom stereocenters. The molecule has 24 heavy (non-hydrogen) atoms. The second-order valence-corrected chi connectivity index (χ2v) is 5.89. The molecule has 2 aliphatic heterocycles. The van der Waals surface area contributed by atoms with E-state index in [0.717, 1.165) is 11.1 Å². The zero-order valence-electron chi connectivity index (χ0n) is 12.5. The van der Waals surface area contributed by atoms with Gasteiger partial charge in [-0.3, -0.25) is 0 Å². The van der Waals surface area contributed by atoms with Crippen LogP contribution in [0.15, 0.2) is 66.7 Å². The van der Waals surface area contributed by atoms with Crippen LogP contribution in [0.25, 0.3) is 0 Å². The van der Waals surface area contributed by atoms with Gasteiger partial charge in [0.25, 0.3) is 0 Å². The predicted octanol–water partition coefficient (Wildman–Crippen LogP) is 3.96. The molecule has 0 amide bonds. The van der Waals surface area contributed by atoms with Crippen LogP contribution in [0.5, 0.6) is 17.2 Å². The number of carbonyl (C=O) groups excluding carboxylic acids is 1. The van der Waals surface area contributed by atoms with Gasteiger partial charge in [-0.25, -0.2) is 4.79 Å². The minimum absolute atomic E-state index is 0.0906. The van der Waals surface area contributed by atoms with E-state index < -0.39 is 11.6 Å². The first-order chi connectivity index (χ1) is 11.7. The topological polar surface area (TPSA) is 55.8 Å². The van der Waals surface area contributed by atoms with Gasteiger partial charge in [0.05, 0.1) is 5.56 Å². The van der Waals surface area contributed by atoms with Crippen molar-refractivity contribution in [3.63, 3.8) is 0 Å². The Bertz CT molecular complexity index is 961. The predicted molar refractivity (Wildman–Crippen MR) is 86.4 cm³/mol. The van der Waals surface area contributed by atoms with E-state index in [2.05, 4.69) is 0 Å². The molecule has 0 saturated carbocycles. The van der Waals surface area contributed by atoms with Gasteiger partial charge in [-0.1, -0.05) is 36.4 Å². The standard InChI is InChI=1S/C20H12O4/c21-12-9-10-13-16(11-12)20(24-19(13)22)14-5-1-3-7-17(14)23-18-8-4-2-6-15(18)20/h1-11,21H. The lowest BCUT2D eigenvalue weighted by atomic mass is 9.78. The summed E-state index contributed by atoms with van der Waals surface area (Å²) in [7, 11) is 0. The molecule has 0 saturated heterocycles. The van der Waals surface area contributed by atoms with E-state index in [-0.39, 0.29) is 5.75 Å². The first-order valence-corrected chi connectivity index (χ1v) is 7.64. The average Bonchev–Trinajstić information content (AvgIpc) is 2.88. The summed E-state index contributed by atoms with van der Waals surface area (Å²) in [6.45, 7) is 0. The Morgan fingerprint density at radius 2 is 1.42 bits per heavy atom. The maximum absolute atomic E-state index is 12.5. The summed E-state index contributed by atoms with van der Waals surface area (Å²) in [5.41, 5.74) is 1.49. The molecule has 2 heterocycles. The Balaban J connectivity index is 1.93. The molecule has 0 atom stereocenters. The lowest BCUT2D eigenvalue weighted by Crippen LogP contribution is -2.32. The summed E-state index contributed by atoms with van der Waals surface area (Å²) in [6, 6.07) is 19.7. The molecular weight excluding hydrogens is 304 g/mol. The number of esters is 1. The molecule has 1 spiro atoms. The largest absolute Gasteiger partial charge is 0.508 e. The summed E-state index contributed by atoms with van der Waals surface area (Å²) in [4.78, 5) is 12.5. The highest BCUT2D eigenvalue weighted by Gasteiger charge is 2.53. The van der Waals surface area contributed by atoms with Gasteiger partial charge in [-0.05, 0) is 30.3 Å². The second-order valence-electron chi connectivity index (χ2n) is 5.89. The summed E-state index contributed by atoms with van der Waals surface area (Å²) in [6.07, 6.45) is 0. The van der Waals surface area contributed by atoms with Gasteiger partial charge in [0, 0.05) is 16.7 Å². The van der Waals surface area contributed by atoms with Gasteiger partial charge in [0.1, 0.15) is 17.2 Å². The Morgan fingerprint density at radius 3 is 2.08 bits per heavy atom. The first kappa shape index (κ1) is 13.2. The normalized spacial score (nSPS) is 15.9. The van der Waals surface area contributed by atoms with Gasteiger partial charge in [-0.2, -0.15) is 0 Å². The highest BCUT2D eigenvalue weighted by molar-refractivity contribution is 5.97. The number of hydrogen-bond donors (Lipinski definition) is 1. The molecule has 0 radical (unpaired) electrons. The molecule has 0 fully saturated rings. The van der Waals surface area contributed by atoms with Crippen LogP contribution in [0.4, 0.5) is 0 Å². The van der Waals surface area contributed by atoms with Gasteiger partial charge in [0.2, 0.25) is 0 Å². The van der Waals surface area contributed by atoms with Crippen LogP contribution in [0.2, 0.25) is 0 Å². The summed E-state index contributed by atoms with van der Waals surface area (Å²) >= 11 is 0. The zero-order chi connectivity index (χ0) is 16.3. The molecular formula is C20H12O4. The molecule has 4 nitrogen and oxygen atoms in total. The number of benzene rings is 3. The maximum atomic E-state index is 12.5. The van der Waals surface area contributed by atoms with Crippen LogP contribution in [0.1, 0.15) is 27.0 Å². The van der Waals surface area contributed by atoms with Crippen molar-refractivity contribution in [1.29, 1.82) is 0 Å². The average molecular weight is 316 g/mol. The van der Waals surface area contributed by atoms with Crippen molar-refractivity contribution < 1.29 is 19.4 Å². The van der Waals surface area contributed by atoms with E-state index >= 15 is 0 Å². The van der Waals surface area contributed by atoms with Crippen molar-refractivity contribution in [2.24, 2.45) is 0 Å². The van der Waals surface area contributed by atoms with Crippen LogP contribution in [0.3, 0.4) is 0 Å². The van der Waals surface area contributed by atoms with Crippen molar-refractivity contribution in [3.05, 3.63) is 89.0 Å². The van der Waals surface area contributed by atoms with Crippen LogP contribution in [-0.4, -0.2) is 11.1 Å². The monoisotopic (exact) mass is 316 g/mol. The van der Waals surface area contributed by atoms with E-state index in [1.54, 1.807) is 12.1 Å². The molecule has 1 N–H and O–H groups in total. The minimum Gasteiger partial charge on any atom is -0.508 e. The summed E-state index contributed by atoms with van der Waals surface area (Å²) in [5, 5.41) is 9.99. The molecule has 2 aliphatic rings. The number of hydrogen-bond acceptors (Lipinski definition) is 4. The van der Waals surface area contributed by atoms with Crippen molar-refractivity contribution >= 4 is 5.97 Å². The lowest BCUT2D eigenvalue weighted by molar-refractivity contribution is 0.0224. The maximum Gasteiger partial charge on any atom is 0.340 e. The Hall–Kier alpha value is -3.27. The van der Waals surface area contributed by atoms with Crippen LogP contribution < -0.4 is 4.74 Å². The molecule has 0 bridgehead atoms. The molecule has 3 aromatic rings. The SMILES string of the molecule is O=C1OC2(c3ccccc3Oc3ccccc32)c2cc(O)ccc21. The number of aromatic hydroxyl groups is 1. The smallest absolute Gasteiger partial charge is 0.340 e. The highest BCUT2D eigenvalue weighted by Crippen LogP contribution is 2.56. The molecule has 4 heteroatoms. The third-order valence-corrected chi connectivity index (χ3v) is 4.60. The fourth-order valence-corrected chi connectivity index (χ4v) is 3.61. The van der Waals surface area contributed by atoms with Gasteiger partial charge < -0.3 is 14.6 Å². The van der Waals surface area contributed by atoms with Crippen LogP contribution >= 0.6 is 0 Å². The lowest BCUT2D eigenvalue weighted by Gasteiger charge is -2.36. The summed E-state index contributed by atoms with van der Waals surface area (Å²) < 4.78 is 11.9. The number of phenols is 1. The minimum atomic E-state index is -1.10. The molecule has 3 aromatic carbocycles. The van der Waals surface area contributed by atoms with Gasteiger partial charge in [-0.15, -0.1) is 0 Å². The first-order valence-electron chi connectivity index (χ1n) is 7.64. The third-order valence-electron chi connectivity index (χ3n) is 4.60. The fourth-order valence-electron chi connectivity index (χ4n) is 3.61. The number of carbonyl (C=O) groups is 1. The molecule has 0 aliphatic carbocycles. The van der Waals surface area contributed by atoms with E-state index in [4.69, 9.17) is 9.47 Å². The number of fused-ring (bicyclic) bond motifs is 6. The molecule has 0 aromatic heterocycles. The van der Waals surface area contributed by atoms with E-state index in [0.29, 0.717) is 22.6 Å². The Labute approximate surface area is 137 Å². The third kappa shape index (κ3) is 1.50. The van der Waals surface area contributed by atoms with Crippen LogP contribution in [0, 0.1) is 0 Å². The number of para-hydroxylation sites is 2. The van der Waals surface area contributed by atoms with Crippen molar-refractivity contribution in [2.75, 3.05) is 0 Å². The van der Waals surface area contributed by atoms with Gasteiger partial charge in [0.15, 0.2) is 5.60 Å². The van der Waals surface area contributed by atoms with E-state index in [1.807, 2.05) is 48.5 Å². The zero-order valence-corrected chi connectivity index (χ0v) is 12.5. The van der Waals surface area contributed by atoms with Crippen molar-refractivity contribution in [1.82, 2.24) is 0 Å². The van der Waals surface area contributed by atoms with E-state index in [1.165, 1.54) is 6.07 Å². The number of ether oxygens (including phenoxy) is 2. The number of rotatable bonds is 0. The Morgan fingerprint density at radius 1 is 0.792 bits per heavy atom. The number of phenolic OH excluding ortho intramolecular Hbond substituents is 1. The molecule has 116 valence electrons. The van der Waals surface area contributed by atoms with E-state index in [9.17, 15) is 9.90 Å². The molecule has 5 rings (SSSR count). The second kappa shape index (κ2) is 4.38. The quantitative estimate of drug-likeness (QED) is 0.638. The fraction of sp³-hybridized carbons (Fsp3) is 0.0500. The Kier molecular flexibility index (Phi) is 2.41. The highest BCUT2D eigenvalue weighted by atomic mass is 16.6. The van der Waals surface area contributed by atoms with Crippen molar-refractivity contribution in [2.45, 2.75) is 5.60 Å². The van der Waals surface area contributed by atoms with Crippen molar-refractivity contribution in [3.8, 4) is 17.2 Å². The summed E-state index contributed by atoms with van der Waals surface area (Å²) in [5.74, 6) is 0.963.